The normalized spacial score (nSPS) is 16.9. The van der Waals surface area contributed by atoms with Crippen LogP contribution in [0.1, 0.15) is 52.0 Å². The molecular weight excluding hydrogens is 640 g/mol. The Bertz CT molecular complexity index is 1960. The molecule has 49 heavy (non-hydrogen) atoms. The summed E-state index contributed by atoms with van der Waals surface area (Å²) in [5.74, 6) is -1.54. The molecule has 0 saturated heterocycles. The Hall–Kier alpha value is -5.29. The molecule has 6 rings (SSSR count). The summed E-state index contributed by atoms with van der Waals surface area (Å²) in [6.07, 6.45) is 6.17. The van der Waals surface area contributed by atoms with Gasteiger partial charge in [-0.3, -0.25) is 14.3 Å². The Morgan fingerprint density at radius 1 is 1.04 bits per heavy atom. The number of carbonyl (C=O) groups is 2. The van der Waals surface area contributed by atoms with E-state index in [1.807, 2.05) is 60.8 Å². The quantitative estimate of drug-likeness (QED) is 0.0950. The average Bonchev–Trinajstić information content (AvgIpc) is 3.66. The van der Waals surface area contributed by atoms with E-state index in [-0.39, 0.29) is 25.0 Å². The van der Waals surface area contributed by atoms with Crippen LogP contribution >= 0.6 is 11.6 Å². The fourth-order valence-corrected chi connectivity index (χ4v) is 6.25. The van der Waals surface area contributed by atoms with Crippen molar-refractivity contribution < 1.29 is 19.8 Å². The van der Waals surface area contributed by atoms with Gasteiger partial charge in [0.25, 0.3) is 11.8 Å². The molecule has 250 valence electrons. The number of nitrogens with one attached hydrogen (secondary N) is 1. The number of carbonyl (C=O) groups excluding carboxylic acids is 2. The van der Waals surface area contributed by atoms with Gasteiger partial charge in [-0.1, -0.05) is 78.4 Å². The number of nitrogens with zero attached hydrogens (tertiary/aromatic N) is 4. The van der Waals surface area contributed by atoms with Crippen LogP contribution in [0.4, 0.5) is 17.1 Å². The first kappa shape index (κ1) is 33.6. The van der Waals surface area contributed by atoms with Gasteiger partial charge in [-0.25, -0.2) is 0 Å². The molecule has 2 heterocycles. The van der Waals surface area contributed by atoms with E-state index >= 15 is 0 Å². The predicted octanol–water partition coefficient (Wildman–Crippen LogP) is 5.91. The fraction of sp³-hybridized carbons (Fsp3) is 0.211. The van der Waals surface area contributed by atoms with Crippen molar-refractivity contribution in [2.24, 2.45) is 5.92 Å². The third kappa shape index (κ3) is 7.12. The van der Waals surface area contributed by atoms with Crippen LogP contribution in [0.25, 0.3) is 0 Å². The second-order valence-corrected chi connectivity index (χ2v) is 12.6. The molecule has 1 aliphatic rings. The topological polar surface area (TPSA) is 147 Å². The largest absolute Gasteiger partial charge is 0.399 e. The van der Waals surface area contributed by atoms with Crippen LogP contribution in [0, 0.1) is 5.92 Å². The van der Waals surface area contributed by atoms with Crippen molar-refractivity contribution in [2.75, 3.05) is 22.6 Å². The lowest BCUT2D eigenvalue weighted by molar-refractivity contribution is -0.139. The summed E-state index contributed by atoms with van der Waals surface area (Å²) >= 11 is 6.36. The molecule has 0 saturated carbocycles. The molecule has 0 bridgehead atoms. The summed E-state index contributed by atoms with van der Waals surface area (Å²) in [6, 6.07) is 28.7. The predicted molar refractivity (Wildman–Crippen MR) is 190 cm³/mol. The molecule has 5 N–H and O–H groups in total. The van der Waals surface area contributed by atoms with Crippen molar-refractivity contribution in [3.05, 3.63) is 148 Å². The Morgan fingerprint density at radius 2 is 1.78 bits per heavy atom. The van der Waals surface area contributed by atoms with Gasteiger partial charge in [-0.2, -0.15) is 0 Å². The number of halogens is 1. The van der Waals surface area contributed by atoms with E-state index in [1.165, 1.54) is 0 Å². The highest BCUT2D eigenvalue weighted by Gasteiger charge is 2.52. The van der Waals surface area contributed by atoms with Crippen molar-refractivity contribution >= 4 is 40.5 Å². The number of nitrogens with two attached hydrogens (primary N) is 1. The highest BCUT2D eigenvalue weighted by atomic mass is 35.5. The maximum Gasteiger partial charge on any atom is 0.264 e. The number of nitrogen functional groups attached to an aromatic ring is 1. The number of aryl methyl sites for hydroxylation is 1. The number of benzene rings is 4. The highest BCUT2D eigenvalue weighted by Crippen LogP contribution is 2.46. The van der Waals surface area contributed by atoms with Crippen LogP contribution in [-0.4, -0.2) is 43.6 Å². The van der Waals surface area contributed by atoms with Gasteiger partial charge in [0.2, 0.25) is 0 Å². The molecule has 5 aromatic rings. The van der Waals surface area contributed by atoms with E-state index in [1.54, 1.807) is 71.1 Å². The van der Waals surface area contributed by atoms with Crippen LogP contribution in [0.5, 0.6) is 0 Å². The molecule has 2 amide bonds. The van der Waals surface area contributed by atoms with Gasteiger partial charge in [-0.05, 0) is 72.1 Å². The molecule has 1 aromatic heterocycles. The summed E-state index contributed by atoms with van der Waals surface area (Å²) in [4.78, 5) is 28.2. The zero-order valence-electron chi connectivity index (χ0n) is 26.9. The first-order valence-electron chi connectivity index (χ1n) is 16.0. The summed E-state index contributed by atoms with van der Waals surface area (Å²) < 4.78 is 1.72. The molecule has 0 fully saturated rings. The molecular formula is C38H37ClN6O4. The van der Waals surface area contributed by atoms with Gasteiger partial charge in [0.05, 0.1) is 30.5 Å². The number of amides is 2. The van der Waals surface area contributed by atoms with Gasteiger partial charge in [0, 0.05) is 46.2 Å². The zero-order valence-corrected chi connectivity index (χ0v) is 27.7. The number of aromatic nitrogens is 3. The summed E-state index contributed by atoms with van der Waals surface area (Å²) in [7, 11) is 0. The van der Waals surface area contributed by atoms with Crippen molar-refractivity contribution in [3.8, 4) is 0 Å². The van der Waals surface area contributed by atoms with Crippen LogP contribution in [0.2, 0.25) is 5.02 Å². The molecule has 1 aliphatic heterocycles. The van der Waals surface area contributed by atoms with Crippen LogP contribution in [-0.2, 0) is 23.5 Å². The smallest absolute Gasteiger partial charge is 0.264 e. The minimum absolute atomic E-state index is 0.0793. The van der Waals surface area contributed by atoms with Gasteiger partial charge in [0.1, 0.15) is 0 Å². The first-order chi connectivity index (χ1) is 23.7. The Balaban J connectivity index is 1.11. The van der Waals surface area contributed by atoms with Crippen LogP contribution in [0.15, 0.2) is 115 Å². The van der Waals surface area contributed by atoms with Crippen molar-refractivity contribution in [2.45, 2.75) is 38.0 Å². The molecule has 11 heteroatoms. The second kappa shape index (κ2) is 14.4. The van der Waals surface area contributed by atoms with E-state index in [2.05, 4.69) is 15.6 Å². The number of aliphatic hydroxyl groups excluding tert-OH is 1. The number of rotatable bonds is 12. The number of hydrogen-bond acceptors (Lipinski definition) is 7. The van der Waals surface area contributed by atoms with Crippen LogP contribution < -0.4 is 16.0 Å². The lowest BCUT2D eigenvalue weighted by Gasteiger charge is -2.27. The Labute approximate surface area is 289 Å². The van der Waals surface area contributed by atoms with E-state index in [0.29, 0.717) is 51.9 Å². The standard InChI is InChI=1S/C38H37ClN6O4/c1-25(7-5-6-20-44-23-34(42-43-44)32(24-46)27-8-3-2-4-9-27)38(49)33-21-29(39)14-19-35(33)45(37(38)48)22-26-10-17-31(18-11-26)41-36(47)28-12-15-30(40)16-13-28/h2-5,7-19,21,23,25,32,46,49H,6,20,22,24,40H2,1H3,(H,41,47)/b7-5+/t25-,32?,38+/m1/s1. The van der Waals surface area contributed by atoms with Gasteiger partial charge >= 0.3 is 0 Å². The summed E-state index contributed by atoms with van der Waals surface area (Å²) in [6.45, 7) is 2.47. The van der Waals surface area contributed by atoms with E-state index in [4.69, 9.17) is 17.3 Å². The third-order valence-corrected chi connectivity index (χ3v) is 9.10. The number of fused-ring (bicyclic) bond motifs is 1. The first-order valence-corrected chi connectivity index (χ1v) is 16.4. The van der Waals surface area contributed by atoms with Crippen LogP contribution in [0.3, 0.4) is 0 Å². The van der Waals surface area contributed by atoms with Gasteiger partial charge in [-0.15, -0.1) is 5.10 Å². The van der Waals surface area contributed by atoms with Crippen molar-refractivity contribution in [3.63, 3.8) is 0 Å². The minimum atomic E-state index is -1.83. The lowest BCUT2D eigenvalue weighted by atomic mass is 9.83. The Morgan fingerprint density at radius 3 is 2.49 bits per heavy atom. The maximum atomic E-state index is 14.0. The number of allylic oxidation sites excluding steroid dienone is 1. The SMILES string of the molecule is C[C@H](/C=C/CCn1cc(C(CO)c2ccccc2)nn1)[C@@]1(O)C(=O)N(Cc2ccc(NC(=O)c3ccc(N)cc3)cc2)c2ccc(Cl)cc21. The highest BCUT2D eigenvalue weighted by molar-refractivity contribution is 6.31. The zero-order chi connectivity index (χ0) is 34.5. The molecule has 0 spiro atoms. The minimum Gasteiger partial charge on any atom is -0.399 e. The fourth-order valence-electron chi connectivity index (χ4n) is 6.07. The molecule has 3 atom stereocenters. The van der Waals surface area contributed by atoms with Gasteiger partial charge in [0.15, 0.2) is 5.60 Å². The number of aliphatic hydroxyl groups is 2. The second-order valence-electron chi connectivity index (χ2n) is 12.2. The number of anilines is 3. The third-order valence-electron chi connectivity index (χ3n) is 8.86. The van der Waals surface area contributed by atoms with Crippen molar-refractivity contribution in [1.82, 2.24) is 15.0 Å². The van der Waals surface area contributed by atoms with E-state index < -0.39 is 17.4 Å². The Kier molecular flexibility index (Phi) is 9.91. The lowest BCUT2D eigenvalue weighted by Crippen LogP contribution is -2.44. The van der Waals surface area contributed by atoms with E-state index in [0.717, 1.165) is 11.1 Å². The monoisotopic (exact) mass is 676 g/mol. The summed E-state index contributed by atoms with van der Waals surface area (Å²) in [5.41, 5.74) is 9.06. The number of hydrogen-bond donors (Lipinski definition) is 4. The molecule has 1 unspecified atom stereocenters. The van der Waals surface area contributed by atoms with Crippen molar-refractivity contribution in [1.29, 1.82) is 0 Å². The molecule has 0 radical (unpaired) electrons. The summed E-state index contributed by atoms with van der Waals surface area (Å²) in [5, 5.41) is 33.8. The van der Waals surface area contributed by atoms with Gasteiger partial charge < -0.3 is 26.2 Å². The average molecular weight is 677 g/mol. The molecule has 10 nitrogen and oxygen atoms in total. The maximum absolute atomic E-state index is 14.0. The molecule has 4 aromatic carbocycles. The molecule has 0 aliphatic carbocycles. The van der Waals surface area contributed by atoms with E-state index in [9.17, 15) is 19.8 Å².